The third kappa shape index (κ3) is 4.32. The van der Waals surface area contributed by atoms with Crippen LogP contribution < -0.4 is 15.5 Å². The summed E-state index contributed by atoms with van der Waals surface area (Å²) in [6.45, 7) is 1.87. The van der Waals surface area contributed by atoms with Crippen molar-refractivity contribution in [1.82, 2.24) is 9.88 Å². The van der Waals surface area contributed by atoms with Gasteiger partial charge in [-0.3, -0.25) is 9.59 Å². The highest BCUT2D eigenvalue weighted by atomic mass is 32.2. The van der Waals surface area contributed by atoms with Crippen LogP contribution in [0.2, 0.25) is 0 Å². The summed E-state index contributed by atoms with van der Waals surface area (Å²) < 4.78 is 6.77. The van der Waals surface area contributed by atoms with E-state index in [9.17, 15) is 14.7 Å². The largest absolute Gasteiger partial charge is 0.503 e. The summed E-state index contributed by atoms with van der Waals surface area (Å²) in [5, 5.41) is 12.6. The van der Waals surface area contributed by atoms with Gasteiger partial charge in [-0.15, -0.1) is 11.8 Å². The summed E-state index contributed by atoms with van der Waals surface area (Å²) in [6.07, 6.45) is 0. The van der Waals surface area contributed by atoms with Crippen molar-refractivity contribution in [2.24, 2.45) is 7.05 Å². The molecule has 1 amide bonds. The molecular weight excluding hydrogens is 328 g/mol. The summed E-state index contributed by atoms with van der Waals surface area (Å²) in [5.41, 5.74) is 0.667. The highest BCUT2D eigenvalue weighted by Crippen LogP contribution is 2.21. The van der Waals surface area contributed by atoms with Crippen LogP contribution in [-0.2, 0) is 18.4 Å². The van der Waals surface area contributed by atoms with Crippen molar-refractivity contribution in [1.29, 1.82) is 0 Å². The standard InChI is InChI=1S/C17H20N2O4S/c1-11-8-15(20)17(22)14(19(11)2)9-18-16(21)10-24-13-6-4-12(23-3)5-7-13/h4-8,22H,9-10H2,1-3H3,(H,18,21). The van der Waals surface area contributed by atoms with Gasteiger partial charge in [0.1, 0.15) is 5.75 Å². The summed E-state index contributed by atoms with van der Waals surface area (Å²) in [5.74, 6) is 0.502. The lowest BCUT2D eigenvalue weighted by Gasteiger charge is -2.14. The second-order valence-electron chi connectivity index (χ2n) is 5.25. The number of nitrogens with zero attached hydrogens (tertiary/aromatic N) is 1. The Labute approximate surface area is 144 Å². The fourth-order valence-electron chi connectivity index (χ4n) is 2.13. The molecule has 0 unspecified atom stereocenters. The first-order valence-electron chi connectivity index (χ1n) is 7.34. The van der Waals surface area contributed by atoms with Crippen molar-refractivity contribution in [2.75, 3.05) is 12.9 Å². The third-order valence-electron chi connectivity index (χ3n) is 3.66. The van der Waals surface area contributed by atoms with E-state index in [4.69, 9.17) is 4.74 Å². The number of aromatic hydroxyl groups is 1. The molecule has 0 atom stereocenters. The van der Waals surface area contributed by atoms with E-state index in [0.29, 0.717) is 5.69 Å². The number of thioether (sulfide) groups is 1. The molecule has 2 aromatic rings. The summed E-state index contributed by atoms with van der Waals surface area (Å²) in [4.78, 5) is 24.6. The Balaban J connectivity index is 1.93. The minimum atomic E-state index is -0.442. The molecule has 1 heterocycles. The van der Waals surface area contributed by atoms with E-state index in [2.05, 4.69) is 5.32 Å². The van der Waals surface area contributed by atoms with E-state index in [1.807, 2.05) is 24.3 Å². The first-order chi connectivity index (χ1) is 11.4. The maximum atomic E-state index is 12.0. The predicted octanol–water partition coefficient (Wildman–Crippen LogP) is 1.82. The normalized spacial score (nSPS) is 10.5. The molecule has 0 aliphatic rings. The molecule has 2 rings (SSSR count). The van der Waals surface area contributed by atoms with Crippen LogP contribution in [0.4, 0.5) is 0 Å². The fraction of sp³-hybridized carbons (Fsp3) is 0.294. The van der Waals surface area contributed by atoms with Gasteiger partial charge in [0.05, 0.1) is 25.1 Å². The average Bonchev–Trinajstić information content (AvgIpc) is 2.58. The predicted molar refractivity (Wildman–Crippen MR) is 93.6 cm³/mol. The molecule has 2 N–H and O–H groups in total. The van der Waals surface area contributed by atoms with Gasteiger partial charge in [-0.25, -0.2) is 0 Å². The number of nitrogens with one attached hydrogen (secondary N) is 1. The van der Waals surface area contributed by atoms with Crippen molar-refractivity contribution < 1.29 is 14.6 Å². The van der Waals surface area contributed by atoms with Gasteiger partial charge in [0.2, 0.25) is 11.3 Å². The molecule has 1 aromatic heterocycles. The monoisotopic (exact) mass is 348 g/mol. The highest BCUT2D eigenvalue weighted by Gasteiger charge is 2.12. The van der Waals surface area contributed by atoms with E-state index in [1.165, 1.54) is 17.8 Å². The van der Waals surface area contributed by atoms with Crippen LogP contribution in [0, 0.1) is 6.92 Å². The first-order valence-corrected chi connectivity index (χ1v) is 8.33. The number of rotatable bonds is 6. The Morgan fingerprint density at radius 2 is 2.00 bits per heavy atom. The van der Waals surface area contributed by atoms with Gasteiger partial charge in [-0.2, -0.15) is 0 Å². The summed E-state index contributed by atoms with van der Waals surface area (Å²) in [7, 11) is 3.34. The number of carbonyl (C=O) groups is 1. The molecular formula is C17H20N2O4S. The van der Waals surface area contributed by atoms with Crippen molar-refractivity contribution in [3.63, 3.8) is 0 Å². The number of methoxy groups -OCH3 is 1. The topological polar surface area (TPSA) is 80.6 Å². The Kier molecular flexibility index (Phi) is 5.92. The van der Waals surface area contributed by atoms with E-state index in [-0.39, 0.29) is 24.0 Å². The molecule has 1 aromatic carbocycles. The number of ether oxygens (including phenoxy) is 1. The second kappa shape index (κ2) is 7.92. The summed E-state index contributed by atoms with van der Waals surface area (Å²) >= 11 is 1.40. The SMILES string of the molecule is COc1ccc(SCC(=O)NCc2c(O)c(=O)cc(C)n2C)cc1. The molecule has 0 saturated heterocycles. The van der Waals surface area contributed by atoms with Crippen molar-refractivity contribution >= 4 is 17.7 Å². The van der Waals surface area contributed by atoms with Gasteiger partial charge in [0.15, 0.2) is 5.75 Å². The quantitative estimate of drug-likeness (QED) is 0.779. The van der Waals surface area contributed by atoms with Crippen LogP contribution in [0.25, 0.3) is 0 Å². The lowest BCUT2D eigenvalue weighted by atomic mass is 10.2. The van der Waals surface area contributed by atoms with E-state index in [1.54, 1.807) is 25.6 Å². The molecule has 0 radical (unpaired) electrons. The van der Waals surface area contributed by atoms with Crippen LogP contribution in [0.15, 0.2) is 40.0 Å². The smallest absolute Gasteiger partial charge is 0.230 e. The number of pyridine rings is 1. The number of hydrogen-bond donors (Lipinski definition) is 2. The fourth-order valence-corrected chi connectivity index (χ4v) is 2.85. The number of aromatic nitrogens is 1. The average molecular weight is 348 g/mol. The minimum Gasteiger partial charge on any atom is -0.503 e. The number of hydrogen-bond acceptors (Lipinski definition) is 5. The van der Waals surface area contributed by atoms with Gasteiger partial charge >= 0.3 is 0 Å². The number of benzene rings is 1. The van der Waals surface area contributed by atoms with Crippen LogP contribution in [0.3, 0.4) is 0 Å². The van der Waals surface area contributed by atoms with Gasteiger partial charge in [0.25, 0.3) is 0 Å². The van der Waals surface area contributed by atoms with Crippen LogP contribution in [-0.4, -0.2) is 28.4 Å². The Morgan fingerprint density at radius 1 is 1.33 bits per heavy atom. The first kappa shape index (κ1) is 17.9. The molecule has 0 fully saturated rings. The highest BCUT2D eigenvalue weighted by molar-refractivity contribution is 8.00. The third-order valence-corrected chi connectivity index (χ3v) is 4.68. The zero-order valence-electron chi connectivity index (χ0n) is 13.8. The minimum absolute atomic E-state index is 0.0985. The molecule has 24 heavy (non-hydrogen) atoms. The molecule has 0 saturated carbocycles. The van der Waals surface area contributed by atoms with Gasteiger partial charge in [-0.1, -0.05) is 0 Å². The molecule has 6 nitrogen and oxygen atoms in total. The van der Waals surface area contributed by atoms with Crippen molar-refractivity contribution in [3.05, 3.63) is 51.9 Å². The zero-order chi connectivity index (χ0) is 17.7. The van der Waals surface area contributed by atoms with Gasteiger partial charge in [-0.05, 0) is 31.2 Å². The second-order valence-corrected chi connectivity index (χ2v) is 6.29. The Hall–Kier alpha value is -2.41. The van der Waals surface area contributed by atoms with E-state index >= 15 is 0 Å². The lowest BCUT2D eigenvalue weighted by Crippen LogP contribution is -2.27. The number of carbonyl (C=O) groups excluding carboxylic acids is 1. The molecule has 128 valence electrons. The van der Waals surface area contributed by atoms with E-state index < -0.39 is 5.43 Å². The molecule has 0 aliphatic heterocycles. The Morgan fingerprint density at radius 3 is 2.62 bits per heavy atom. The maximum absolute atomic E-state index is 12.0. The van der Waals surface area contributed by atoms with Gasteiger partial charge < -0.3 is 19.7 Å². The molecule has 7 heteroatoms. The van der Waals surface area contributed by atoms with Crippen molar-refractivity contribution in [2.45, 2.75) is 18.4 Å². The Bertz CT molecular complexity index is 784. The van der Waals surface area contributed by atoms with Crippen molar-refractivity contribution in [3.8, 4) is 11.5 Å². The molecule has 0 aliphatic carbocycles. The maximum Gasteiger partial charge on any atom is 0.230 e. The van der Waals surface area contributed by atoms with Gasteiger partial charge in [0, 0.05) is 23.7 Å². The number of aryl methyl sites for hydroxylation is 1. The number of amides is 1. The van der Waals surface area contributed by atoms with Crippen LogP contribution in [0.5, 0.6) is 11.5 Å². The lowest BCUT2D eigenvalue weighted by molar-refractivity contribution is -0.118. The zero-order valence-corrected chi connectivity index (χ0v) is 14.6. The van der Waals surface area contributed by atoms with Crippen LogP contribution in [0.1, 0.15) is 11.4 Å². The summed E-state index contributed by atoms with van der Waals surface area (Å²) in [6, 6.07) is 8.79. The molecule has 0 spiro atoms. The molecule has 0 bridgehead atoms. The van der Waals surface area contributed by atoms with Crippen LogP contribution >= 0.6 is 11.8 Å². The van der Waals surface area contributed by atoms with E-state index in [0.717, 1.165) is 16.3 Å².